The zero-order valence-corrected chi connectivity index (χ0v) is 13.7. The summed E-state index contributed by atoms with van der Waals surface area (Å²) in [6.07, 6.45) is 0.899. The Hall–Kier alpha value is -0.840. The first-order chi connectivity index (χ1) is 9.13. The molecule has 0 bridgehead atoms. The second-order valence-electron chi connectivity index (χ2n) is 4.61. The summed E-state index contributed by atoms with van der Waals surface area (Å²) in [7, 11) is 2.15. The fourth-order valence-electron chi connectivity index (χ4n) is 2.18. The maximum absolute atomic E-state index is 5.72. The Morgan fingerprint density at radius 1 is 1.37 bits per heavy atom. The second-order valence-corrected chi connectivity index (χ2v) is 6.51. The normalized spacial score (nSPS) is 12.4. The molecule has 2 rings (SSSR count). The summed E-state index contributed by atoms with van der Waals surface area (Å²) in [5, 5.41) is 2.13. The van der Waals surface area contributed by atoms with Crippen molar-refractivity contribution in [3.8, 4) is 0 Å². The number of thiophene rings is 1. The average molecular weight is 339 g/mol. The summed E-state index contributed by atoms with van der Waals surface area (Å²) >= 11 is 5.33. The van der Waals surface area contributed by atoms with E-state index in [1.165, 1.54) is 16.1 Å². The molecule has 1 aromatic carbocycles. The number of rotatable bonds is 5. The van der Waals surface area contributed by atoms with Gasteiger partial charge in [-0.2, -0.15) is 0 Å². The molecule has 0 aliphatic heterocycles. The van der Waals surface area contributed by atoms with E-state index in [-0.39, 0.29) is 0 Å². The molecular weight excluding hydrogens is 320 g/mol. The second kappa shape index (κ2) is 6.55. The summed E-state index contributed by atoms with van der Waals surface area (Å²) in [5.41, 5.74) is 8.27. The Balaban J connectivity index is 2.30. The lowest BCUT2D eigenvalue weighted by Gasteiger charge is -2.28. The lowest BCUT2D eigenvalue weighted by Crippen LogP contribution is -2.22. The van der Waals surface area contributed by atoms with E-state index >= 15 is 0 Å². The number of nitrogens with two attached hydrogens (primary N) is 1. The molecule has 0 fully saturated rings. The van der Waals surface area contributed by atoms with Gasteiger partial charge in [0.2, 0.25) is 0 Å². The van der Waals surface area contributed by atoms with Crippen molar-refractivity contribution in [3.05, 3.63) is 50.6 Å². The van der Waals surface area contributed by atoms with Crippen molar-refractivity contribution in [1.82, 2.24) is 0 Å². The van der Waals surface area contributed by atoms with Crippen LogP contribution in [0.5, 0.6) is 0 Å². The van der Waals surface area contributed by atoms with E-state index in [9.17, 15) is 0 Å². The van der Waals surface area contributed by atoms with Gasteiger partial charge in [-0.1, -0.05) is 22.0 Å². The number of nitrogens with zero attached hydrogens (tertiary/aromatic N) is 1. The topological polar surface area (TPSA) is 29.3 Å². The highest BCUT2D eigenvalue weighted by atomic mass is 79.9. The molecule has 1 atom stereocenters. The van der Waals surface area contributed by atoms with Crippen molar-refractivity contribution < 1.29 is 0 Å². The standard InChI is InChI=1S/C15H19BrN2S/c1-11(15-4-3-9-19-15)18(2)14-6-5-13(16)10-12(14)7-8-17/h3-6,9-11H,7-8,17H2,1-2H3. The zero-order chi connectivity index (χ0) is 13.8. The van der Waals surface area contributed by atoms with Crippen molar-refractivity contribution in [2.75, 3.05) is 18.5 Å². The molecule has 1 unspecified atom stereocenters. The van der Waals surface area contributed by atoms with Crippen LogP contribution in [0.2, 0.25) is 0 Å². The molecule has 2 aromatic rings. The monoisotopic (exact) mass is 338 g/mol. The van der Waals surface area contributed by atoms with Gasteiger partial charge in [-0.25, -0.2) is 0 Å². The zero-order valence-electron chi connectivity index (χ0n) is 11.3. The van der Waals surface area contributed by atoms with E-state index in [4.69, 9.17) is 5.73 Å². The maximum atomic E-state index is 5.72. The molecule has 2 N–H and O–H groups in total. The van der Waals surface area contributed by atoms with Crippen LogP contribution in [0.25, 0.3) is 0 Å². The van der Waals surface area contributed by atoms with Crippen LogP contribution < -0.4 is 10.6 Å². The summed E-state index contributed by atoms with van der Waals surface area (Å²) in [5.74, 6) is 0. The molecule has 19 heavy (non-hydrogen) atoms. The van der Waals surface area contributed by atoms with E-state index in [2.05, 4.69) is 70.5 Å². The molecule has 0 radical (unpaired) electrons. The number of benzene rings is 1. The summed E-state index contributed by atoms with van der Waals surface area (Å²) < 4.78 is 1.11. The minimum atomic E-state index is 0.373. The van der Waals surface area contributed by atoms with Crippen LogP contribution in [0.4, 0.5) is 5.69 Å². The number of hydrogen-bond acceptors (Lipinski definition) is 3. The maximum Gasteiger partial charge on any atom is 0.0603 e. The molecule has 0 amide bonds. The van der Waals surface area contributed by atoms with Gasteiger partial charge in [-0.15, -0.1) is 11.3 Å². The number of hydrogen-bond donors (Lipinski definition) is 1. The summed E-state index contributed by atoms with van der Waals surface area (Å²) in [4.78, 5) is 3.70. The van der Waals surface area contributed by atoms with Crippen LogP contribution in [-0.2, 0) is 6.42 Å². The van der Waals surface area contributed by atoms with Crippen LogP contribution >= 0.6 is 27.3 Å². The highest BCUT2D eigenvalue weighted by Crippen LogP contribution is 2.32. The first kappa shape index (κ1) is 14.6. The van der Waals surface area contributed by atoms with Gasteiger partial charge in [-0.05, 0) is 55.1 Å². The summed E-state index contributed by atoms with van der Waals surface area (Å²) in [6, 6.07) is 11.1. The molecule has 4 heteroatoms. The smallest absolute Gasteiger partial charge is 0.0603 e. The molecule has 0 saturated heterocycles. The first-order valence-electron chi connectivity index (χ1n) is 6.38. The van der Waals surface area contributed by atoms with Gasteiger partial charge in [0, 0.05) is 22.1 Å². The fraction of sp³-hybridized carbons (Fsp3) is 0.333. The predicted octanol–water partition coefficient (Wildman–Crippen LogP) is 4.21. The minimum Gasteiger partial charge on any atom is -0.367 e. The Labute approximate surface area is 127 Å². The highest BCUT2D eigenvalue weighted by Gasteiger charge is 2.16. The van der Waals surface area contributed by atoms with Gasteiger partial charge in [0.15, 0.2) is 0 Å². The molecule has 0 saturated carbocycles. The Kier molecular flexibility index (Phi) is 5.02. The first-order valence-corrected chi connectivity index (χ1v) is 8.05. The Morgan fingerprint density at radius 2 is 2.16 bits per heavy atom. The average Bonchev–Trinajstić information content (AvgIpc) is 2.91. The van der Waals surface area contributed by atoms with Gasteiger partial charge in [0.1, 0.15) is 0 Å². The van der Waals surface area contributed by atoms with Gasteiger partial charge >= 0.3 is 0 Å². The van der Waals surface area contributed by atoms with Gasteiger partial charge in [-0.3, -0.25) is 0 Å². The lowest BCUT2D eigenvalue weighted by molar-refractivity contribution is 0.747. The van der Waals surface area contributed by atoms with Crippen molar-refractivity contribution in [2.45, 2.75) is 19.4 Å². The fourth-order valence-corrected chi connectivity index (χ4v) is 3.42. The van der Waals surface area contributed by atoms with Crippen LogP contribution in [0.1, 0.15) is 23.4 Å². The van der Waals surface area contributed by atoms with Crippen LogP contribution in [0.3, 0.4) is 0 Å². The molecule has 102 valence electrons. The van der Waals surface area contributed by atoms with Crippen LogP contribution in [0.15, 0.2) is 40.2 Å². The largest absolute Gasteiger partial charge is 0.367 e. The van der Waals surface area contributed by atoms with Gasteiger partial charge in [0.25, 0.3) is 0 Å². The van der Waals surface area contributed by atoms with Crippen LogP contribution in [0, 0.1) is 0 Å². The third-order valence-corrected chi connectivity index (χ3v) is 4.91. The Morgan fingerprint density at radius 3 is 2.79 bits per heavy atom. The van der Waals surface area contributed by atoms with E-state index in [0.717, 1.165) is 10.9 Å². The molecule has 0 aliphatic rings. The van der Waals surface area contributed by atoms with Gasteiger partial charge < -0.3 is 10.6 Å². The highest BCUT2D eigenvalue weighted by molar-refractivity contribution is 9.10. The Bertz CT molecular complexity index is 525. The summed E-state index contributed by atoms with van der Waals surface area (Å²) in [6.45, 7) is 2.91. The van der Waals surface area contributed by atoms with E-state index in [1.807, 2.05) is 0 Å². The third kappa shape index (κ3) is 3.38. The number of anilines is 1. The SMILES string of the molecule is CC(c1cccs1)N(C)c1ccc(Br)cc1CCN. The predicted molar refractivity (Wildman–Crippen MR) is 88.0 cm³/mol. The molecule has 0 spiro atoms. The molecule has 2 nitrogen and oxygen atoms in total. The molecule has 1 aromatic heterocycles. The van der Waals surface area contributed by atoms with Crippen LogP contribution in [-0.4, -0.2) is 13.6 Å². The van der Waals surface area contributed by atoms with E-state index in [1.54, 1.807) is 11.3 Å². The van der Waals surface area contributed by atoms with Crippen molar-refractivity contribution in [3.63, 3.8) is 0 Å². The third-order valence-electron chi connectivity index (χ3n) is 3.37. The van der Waals surface area contributed by atoms with Crippen molar-refractivity contribution in [2.24, 2.45) is 5.73 Å². The molecular formula is C15H19BrN2S. The molecule has 0 aliphatic carbocycles. The van der Waals surface area contributed by atoms with Crippen molar-refractivity contribution >= 4 is 33.0 Å². The number of halogens is 1. The van der Waals surface area contributed by atoms with Gasteiger partial charge in [0.05, 0.1) is 6.04 Å². The van der Waals surface area contributed by atoms with E-state index < -0.39 is 0 Å². The quantitative estimate of drug-likeness (QED) is 0.884. The van der Waals surface area contributed by atoms with E-state index in [0.29, 0.717) is 12.6 Å². The minimum absolute atomic E-state index is 0.373. The van der Waals surface area contributed by atoms with Crippen molar-refractivity contribution in [1.29, 1.82) is 0 Å². The molecule has 1 heterocycles. The lowest BCUT2D eigenvalue weighted by atomic mass is 10.1.